The zero-order valence-corrected chi connectivity index (χ0v) is 15.0. The third-order valence-electron chi connectivity index (χ3n) is 4.53. The van der Waals surface area contributed by atoms with Crippen LogP contribution in [0.4, 0.5) is 4.79 Å². The second-order valence-electron chi connectivity index (χ2n) is 6.43. The number of para-hydroxylation sites is 2. The Hall–Kier alpha value is -3.62. The van der Waals surface area contributed by atoms with E-state index in [4.69, 9.17) is 0 Å². The number of aromatic nitrogens is 2. The van der Waals surface area contributed by atoms with Crippen LogP contribution in [0.2, 0.25) is 0 Å². The average molecular weight is 378 g/mol. The number of dihydropyridines is 1. The maximum Gasteiger partial charge on any atom is 0.352 e. The smallest absolute Gasteiger partial charge is 0.352 e. The van der Waals surface area contributed by atoms with Gasteiger partial charge >= 0.3 is 6.03 Å². The molecule has 2 aliphatic rings. The number of aromatic amines is 1. The summed E-state index contributed by atoms with van der Waals surface area (Å²) < 4.78 is 0. The first-order valence-electron chi connectivity index (χ1n) is 8.97. The van der Waals surface area contributed by atoms with Gasteiger partial charge in [0.15, 0.2) is 0 Å². The van der Waals surface area contributed by atoms with E-state index in [1.165, 1.54) is 6.21 Å². The predicted molar refractivity (Wildman–Crippen MR) is 103 cm³/mol. The number of nitrogens with zero attached hydrogens (tertiary/aromatic N) is 4. The Balaban J connectivity index is 1.26. The molecule has 1 aromatic heterocycles. The monoisotopic (exact) mass is 378 g/mol. The number of benzene rings is 1. The van der Waals surface area contributed by atoms with E-state index in [-0.39, 0.29) is 37.2 Å². The number of amides is 4. The van der Waals surface area contributed by atoms with Crippen molar-refractivity contribution in [2.75, 3.05) is 13.1 Å². The molecule has 9 heteroatoms. The highest BCUT2D eigenvalue weighted by atomic mass is 16.2. The number of imide groups is 1. The number of rotatable bonds is 6. The minimum atomic E-state index is -0.653. The fourth-order valence-electron chi connectivity index (χ4n) is 3.12. The van der Waals surface area contributed by atoms with Crippen LogP contribution >= 0.6 is 0 Å². The molecule has 4 amide bonds. The number of nitrogens with one attached hydrogen (secondary N) is 2. The number of allylic oxidation sites excluding steroid dienone is 1. The van der Waals surface area contributed by atoms with Gasteiger partial charge in [0.1, 0.15) is 17.6 Å². The molecule has 0 saturated heterocycles. The second kappa shape index (κ2) is 7.55. The van der Waals surface area contributed by atoms with Crippen LogP contribution in [0.5, 0.6) is 0 Å². The lowest BCUT2D eigenvalue weighted by atomic mass is 10.0. The van der Waals surface area contributed by atoms with Crippen molar-refractivity contribution >= 4 is 40.9 Å². The summed E-state index contributed by atoms with van der Waals surface area (Å²) in [6.07, 6.45) is 5.52. The summed E-state index contributed by atoms with van der Waals surface area (Å²) in [5.74, 6) is -0.234. The molecule has 1 aromatic carbocycles. The fraction of sp³-hybridized carbons (Fsp3) is 0.263. The van der Waals surface area contributed by atoms with Crippen molar-refractivity contribution in [3.05, 3.63) is 42.2 Å². The SMILES string of the molecule is O=C(CCc1nc2ccccc2[nH]1)NCCN1C(=O)N=C2N=CC=CC2C1=O. The third-order valence-corrected chi connectivity index (χ3v) is 4.53. The average Bonchev–Trinajstić information content (AvgIpc) is 3.12. The summed E-state index contributed by atoms with van der Waals surface area (Å²) in [6, 6.07) is 7.01. The highest BCUT2D eigenvalue weighted by Gasteiger charge is 2.36. The lowest BCUT2D eigenvalue weighted by Crippen LogP contribution is -2.48. The normalized spacial score (nSPS) is 18.4. The second-order valence-corrected chi connectivity index (χ2v) is 6.43. The lowest BCUT2D eigenvalue weighted by molar-refractivity contribution is -0.130. The van der Waals surface area contributed by atoms with Gasteiger partial charge in [-0.25, -0.2) is 14.8 Å². The molecule has 0 bridgehead atoms. The molecule has 1 atom stereocenters. The Morgan fingerprint density at radius 3 is 2.96 bits per heavy atom. The first kappa shape index (κ1) is 17.8. The van der Waals surface area contributed by atoms with Crippen molar-refractivity contribution in [1.82, 2.24) is 20.2 Å². The van der Waals surface area contributed by atoms with Crippen LogP contribution in [0.3, 0.4) is 0 Å². The molecule has 4 rings (SSSR count). The number of carbonyl (C=O) groups is 3. The van der Waals surface area contributed by atoms with Gasteiger partial charge in [-0.2, -0.15) is 4.99 Å². The summed E-state index contributed by atoms with van der Waals surface area (Å²) >= 11 is 0. The number of amidine groups is 1. The van der Waals surface area contributed by atoms with Crippen molar-refractivity contribution in [2.24, 2.45) is 15.9 Å². The van der Waals surface area contributed by atoms with Gasteiger partial charge in [-0.1, -0.05) is 18.2 Å². The van der Waals surface area contributed by atoms with Gasteiger partial charge in [0.05, 0.1) is 11.0 Å². The molecule has 0 aliphatic carbocycles. The maximum atomic E-state index is 12.4. The van der Waals surface area contributed by atoms with Crippen molar-refractivity contribution in [1.29, 1.82) is 0 Å². The molecule has 1 unspecified atom stereocenters. The summed E-state index contributed by atoms with van der Waals surface area (Å²) in [7, 11) is 0. The number of aliphatic imine (C=N–C) groups is 2. The molecule has 9 nitrogen and oxygen atoms in total. The number of hydrogen-bond acceptors (Lipinski definition) is 5. The first-order valence-corrected chi connectivity index (χ1v) is 8.97. The van der Waals surface area contributed by atoms with Crippen LogP contribution in [0.15, 0.2) is 46.4 Å². The largest absolute Gasteiger partial charge is 0.354 e. The Morgan fingerprint density at radius 1 is 1.25 bits per heavy atom. The van der Waals surface area contributed by atoms with E-state index in [1.807, 2.05) is 24.3 Å². The van der Waals surface area contributed by atoms with E-state index in [9.17, 15) is 14.4 Å². The topological polar surface area (TPSA) is 120 Å². The lowest BCUT2D eigenvalue weighted by Gasteiger charge is -2.27. The van der Waals surface area contributed by atoms with Crippen LogP contribution < -0.4 is 5.32 Å². The van der Waals surface area contributed by atoms with Crippen LogP contribution in [-0.2, 0) is 16.0 Å². The Morgan fingerprint density at radius 2 is 2.11 bits per heavy atom. The van der Waals surface area contributed by atoms with Gasteiger partial charge in [0.25, 0.3) is 0 Å². The minimum Gasteiger partial charge on any atom is -0.354 e. The summed E-state index contributed by atoms with van der Waals surface area (Å²) in [5, 5.41) is 2.72. The molecule has 3 heterocycles. The van der Waals surface area contributed by atoms with E-state index < -0.39 is 11.9 Å². The first-order chi connectivity index (χ1) is 13.6. The van der Waals surface area contributed by atoms with Crippen molar-refractivity contribution in [3.63, 3.8) is 0 Å². The number of H-pyrrole nitrogens is 1. The maximum absolute atomic E-state index is 12.4. The van der Waals surface area contributed by atoms with Crippen molar-refractivity contribution in [2.45, 2.75) is 12.8 Å². The predicted octanol–water partition coefficient (Wildman–Crippen LogP) is 1.23. The summed E-state index contributed by atoms with van der Waals surface area (Å²) in [6.45, 7) is 0.236. The summed E-state index contributed by atoms with van der Waals surface area (Å²) in [5.41, 5.74) is 1.79. The quantitative estimate of drug-likeness (QED) is 0.785. The molecular weight excluding hydrogens is 360 g/mol. The van der Waals surface area contributed by atoms with Crippen LogP contribution in [-0.4, -0.2) is 57.9 Å². The van der Waals surface area contributed by atoms with E-state index >= 15 is 0 Å². The number of fused-ring (bicyclic) bond motifs is 2. The number of hydrogen-bond donors (Lipinski definition) is 2. The zero-order chi connectivity index (χ0) is 19.5. The molecule has 28 heavy (non-hydrogen) atoms. The Labute approximate surface area is 160 Å². The van der Waals surface area contributed by atoms with E-state index in [1.54, 1.807) is 12.2 Å². The molecular formula is C19H18N6O3. The summed E-state index contributed by atoms with van der Waals surface area (Å²) in [4.78, 5) is 52.9. The van der Waals surface area contributed by atoms with E-state index in [0.29, 0.717) is 6.42 Å². The zero-order valence-electron chi connectivity index (χ0n) is 15.0. The van der Waals surface area contributed by atoms with Gasteiger partial charge < -0.3 is 10.3 Å². The van der Waals surface area contributed by atoms with Crippen molar-refractivity contribution in [3.8, 4) is 0 Å². The molecule has 2 aromatic rings. The Bertz CT molecular complexity index is 1000. The van der Waals surface area contributed by atoms with Crippen LogP contribution in [0.1, 0.15) is 12.2 Å². The van der Waals surface area contributed by atoms with Crippen LogP contribution in [0.25, 0.3) is 11.0 Å². The van der Waals surface area contributed by atoms with Crippen LogP contribution in [0, 0.1) is 5.92 Å². The standard InChI is InChI=1S/C19H18N6O3/c26-16(8-7-15-22-13-5-1-2-6-14(13)23-15)20-10-11-25-18(27)12-4-3-9-21-17(12)24-19(25)28/h1-6,9,12H,7-8,10-11H2,(H,20,26)(H,22,23). The van der Waals surface area contributed by atoms with Gasteiger partial charge in [-0.3, -0.25) is 14.5 Å². The van der Waals surface area contributed by atoms with Gasteiger partial charge in [-0.05, 0) is 18.2 Å². The highest BCUT2D eigenvalue weighted by molar-refractivity contribution is 6.19. The molecule has 0 saturated carbocycles. The Kier molecular flexibility index (Phi) is 4.79. The molecule has 2 N–H and O–H groups in total. The van der Waals surface area contributed by atoms with Gasteiger partial charge in [0, 0.05) is 32.1 Å². The molecule has 2 aliphatic heterocycles. The number of carbonyl (C=O) groups excluding carboxylic acids is 3. The van der Waals surface area contributed by atoms with Crippen molar-refractivity contribution < 1.29 is 14.4 Å². The van der Waals surface area contributed by atoms with Gasteiger partial charge in [0.2, 0.25) is 11.8 Å². The molecule has 0 radical (unpaired) electrons. The van der Waals surface area contributed by atoms with Gasteiger partial charge in [-0.15, -0.1) is 0 Å². The highest BCUT2D eigenvalue weighted by Crippen LogP contribution is 2.18. The third kappa shape index (κ3) is 3.59. The van der Waals surface area contributed by atoms with E-state index in [2.05, 4.69) is 25.3 Å². The minimum absolute atomic E-state index is 0.0683. The fourth-order valence-corrected chi connectivity index (χ4v) is 3.12. The molecule has 0 fully saturated rings. The van der Waals surface area contributed by atoms with E-state index in [0.717, 1.165) is 21.8 Å². The number of aryl methyl sites for hydroxylation is 1. The molecule has 0 spiro atoms. The number of imidazole rings is 1. The number of urea groups is 1. The molecule has 142 valence electrons.